The van der Waals surface area contributed by atoms with Crippen molar-refractivity contribution in [2.24, 2.45) is 0 Å². The Balaban J connectivity index is 1.51. The predicted molar refractivity (Wildman–Crippen MR) is 135 cm³/mol. The van der Waals surface area contributed by atoms with Crippen molar-refractivity contribution >= 4 is 23.1 Å². The van der Waals surface area contributed by atoms with Crippen molar-refractivity contribution in [3.8, 4) is 0 Å². The molecule has 0 aliphatic carbocycles. The molecule has 0 bridgehead atoms. The van der Waals surface area contributed by atoms with Crippen LogP contribution in [0.15, 0.2) is 72.8 Å². The lowest BCUT2D eigenvalue weighted by Gasteiger charge is -2.35. The standard InChI is InChI=1S/C27H28N4O4/c1-28(2)24-13-12-21(18-25(24)31(34)35)26(32)22-10-6-7-11-23(22)27(33)30-16-14-29(15-17-30)19-20-8-4-3-5-9-20/h3-13,18H,14-17,19H2,1-2H3. The fourth-order valence-electron chi connectivity index (χ4n) is 4.33. The number of nitro benzene ring substituents is 1. The first-order valence-electron chi connectivity index (χ1n) is 11.5. The van der Waals surface area contributed by atoms with Crippen molar-refractivity contribution in [3.63, 3.8) is 0 Å². The molecule has 1 amide bonds. The maximum atomic E-state index is 13.4. The van der Waals surface area contributed by atoms with E-state index in [9.17, 15) is 19.7 Å². The van der Waals surface area contributed by atoms with Crippen LogP contribution in [0.5, 0.6) is 0 Å². The SMILES string of the molecule is CN(C)c1ccc(C(=O)c2ccccc2C(=O)N2CCN(Cc3ccccc3)CC2)cc1[N+](=O)[O-]. The monoisotopic (exact) mass is 472 g/mol. The number of carbonyl (C=O) groups is 2. The minimum atomic E-state index is -0.502. The number of ketones is 1. The van der Waals surface area contributed by atoms with Gasteiger partial charge in [-0.25, -0.2) is 0 Å². The van der Waals surface area contributed by atoms with Crippen LogP contribution >= 0.6 is 0 Å². The Kier molecular flexibility index (Phi) is 7.22. The minimum Gasteiger partial charge on any atom is -0.372 e. The number of anilines is 1. The molecule has 3 aromatic rings. The van der Waals surface area contributed by atoms with E-state index in [0.717, 1.165) is 19.6 Å². The van der Waals surface area contributed by atoms with Gasteiger partial charge in [0.1, 0.15) is 5.69 Å². The molecule has 35 heavy (non-hydrogen) atoms. The fraction of sp³-hybridized carbons (Fsp3) is 0.259. The molecule has 0 saturated carbocycles. The van der Waals surface area contributed by atoms with Crippen LogP contribution < -0.4 is 4.90 Å². The quantitative estimate of drug-likeness (QED) is 0.295. The largest absolute Gasteiger partial charge is 0.372 e. The molecule has 0 atom stereocenters. The minimum absolute atomic E-state index is 0.154. The molecule has 1 saturated heterocycles. The van der Waals surface area contributed by atoms with Crippen molar-refractivity contribution in [1.29, 1.82) is 0 Å². The highest BCUT2D eigenvalue weighted by atomic mass is 16.6. The van der Waals surface area contributed by atoms with Crippen molar-refractivity contribution in [2.45, 2.75) is 6.54 Å². The van der Waals surface area contributed by atoms with Gasteiger partial charge in [0.25, 0.3) is 11.6 Å². The number of benzene rings is 3. The second-order valence-corrected chi connectivity index (χ2v) is 8.78. The van der Waals surface area contributed by atoms with Gasteiger partial charge >= 0.3 is 0 Å². The average molecular weight is 473 g/mol. The fourth-order valence-corrected chi connectivity index (χ4v) is 4.33. The van der Waals surface area contributed by atoms with Crippen LogP contribution in [0, 0.1) is 10.1 Å². The second kappa shape index (κ2) is 10.5. The van der Waals surface area contributed by atoms with E-state index in [4.69, 9.17) is 0 Å². The van der Waals surface area contributed by atoms with Crippen molar-refractivity contribution in [2.75, 3.05) is 45.2 Å². The Morgan fingerprint density at radius 1 is 0.886 bits per heavy atom. The molecule has 1 fully saturated rings. The summed E-state index contributed by atoms with van der Waals surface area (Å²) in [5, 5.41) is 11.6. The Morgan fingerprint density at radius 3 is 2.14 bits per heavy atom. The normalized spacial score (nSPS) is 13.9. The van der Waals surface area contributed by atoms with Gasteiger partial charge in [0, 0.05) is 64.0 Å². The summed E-state index contributed by atoms with van der Waals surface area (Å²) in [4.78, 5) is 43.5. The number of carbonyl (C=O) groups excluding carboxylic acids is 2. The Labute approximate surface area is 204 Å². The van der Waals surface area contributed by atoms with Gasteiger partial charge < -0.3 is 9.80 Å². The molecule has 1 aliphatic rings. The Hall–Kier alpha value is -4.04. The molecule has 4 rings (SSSR count). The van der Waals surface area contributed by atoms with E-state index >= 15 is 0 Å². The van der Waals surface area contributed by atoms with Crippen LogP contribution in [-0.4, -0.2) is 66.7 Å². The Bertz CT molecular complexity index is 1230. The lowest BCUT2D eigenvalue weighted by atomic mass is 9.96. The van der Waals surface area contributed by atoms with E-state index in [1.807, 2.05) is 18.2 Å². The molecule has 180 valence electrons. The molecule has 0 spiro atoms. The van der Waals surface area contributed by atoms with Crippen LogP contribution in [0.4, 0.5) is 11.4 Å². The smallest absolute Gasteiger partial charge is 0.293 e. The number of amides is 1. The topological polar surface area (TPSA) is 87.0 Å². The number of piperazine rings is 1. The molecule has 1 aliphatic heterocycles. The third-order valence-electron chi connectivity index (χ3n) is 6.23. The molecule has 0 aromatic heterocycles. The zero-order valence-electron chi connectivity index (χ0n) is 19.9. The van der Waals surface area contributed by atoms with Gasteiger partial charge in [-0.15, -0.1) is 0 Å². The first-order chi connectivity index (χ1) is 16.8. The zero-order chi connectivity index (χ0) is 24.9. The summed E-state index contributed by atoms with van der Waals surface area (Å²) < 4.78 is 0. The molecular formula is C27H28N4O4. The molecule has 0 unspecified atom stereocenters. The first kappa shape index (κ1) is 24.1. The van der Waals surface area contributed by atoms with Crippen LogP contribution in [0.3, 0.4) is 0 Å². The van der Waals surface area contributed by atoms with E-state index in [2.05, 4.69) is 17.0 Å². The van der Waals surface area contributed by atoms with Crippen LogP contribution in [0.2, 0.25) is 0 Å². The van der Waals surface area contributed by atoms with Gasteiger partial charge in [-0.05, 0) is 23.8 Å². The van der Waals surface area contributed by atoms with Crippen LogP contribution in [0.1, 0.15) is 31.8 Å². The van der Waals surface area contributed by atoms with Crippen molar-refractivity contribution < 1.29 is 14.5 Å². The average Bonchev–Trinajstić information content (AvgIpc) is 2.88. The summed E-state index contributed by atoms with van der Waals surface area (Å²) in [7, 11) is 3.41. The maximum absolute atomic E-state index is 13.4. The number of nitro groups is 1. The van der Waals surface area contributed by atoms with Gasteiger partial charge in [0.05, 0.1) is 10.5 Å². The third-order valence-corrected chi connectivity index (χ3v) is 6.23. The van der Waals surface area contributed by atoms with Gasteiger partial charge in [-0.2, -0.15) is 0 Å². The van der Waals surface area contributed by atoms with E-state index in [-0.39, 0.29) is 22.7 Å². The number of hydrogen-bond donors (Lipinski definition) is 0. The van der Waals surface area contributed by atoms with Gasteiger partial charge in [-0.3, -0.25) is 24.6 Å². The summed E-state index contributed by atoms with van der Waals surface area (Å²) in [6.45, 7) is 3.46. The van der Waals surface area contributed by atoms with E-state index < -0.39 is 10.7 Å². The molecule has 3 aromatic carbocycles. The first-order valence-corrected chi connectivity index (χ1v) is 11.5. The summed E-state index contributed by atoms with van der Waals surface area (Å²) in [6.07, 6.45) is 0. The molecule has 0 N–H and O–H groups in total. The Morgan fingerprint density at radius 2 is 1.51 bits per heavy atom. The second-order valence-electron chi connectivity index (χ2n) is 8.78. The predicted octanol–water partition coefficient (Wildman–Crippen LogP) is 3.85. The van der Waals surface area contributed by atoms with Crippen molar-refractivity contribution in [1.82, 2.24) is 9.80 Å². The lowest BCUT2D eigenvalue weighted by Crippen LogP contribution is -2.48. The van der Waals surface area contributed by atoms with E-state index in [0.29, 0.717) is 24.3 Å². The molecule has 8 heteroatoms. The molecule has 8 nitrogen and oxygen atoms in total. The number of rotatable bonds is 7. The summed E-state index contributed by atoms with van der Waals surface area (Å²) in [5.41, 5.74) is 2.22. The zero-order valence-corrected chi connectivity index (χ0v) is 19.9. The molecule has 1 heterocycles. The third kappa shape index (κ3) is 5.38. The number of nitrogens with zero attached hydrogens (tertiary/aromatic N) is 4. The summed E-state index contributed by atoms with van der Waals surface area (Å²) >= 11 is 0. The highest BCUT2D eigenvalue weighted by Gasteiger charge is 2.27. The van der Waals surface area contributed by atoms with Crippen LogP contribution in [-0.2, 0) is 6.54 Å². The molecular weight excluding hydrogens is 444 g/mol. The van der Waals surface area contributed by atoms with Crippen molar-refractivity contribution in [3.05, 3.63) is 105 Å². The van der Waals surface area contributed by atoms with Gasteiger partial charge in [0.2, 0.25) is 0 Å². The summed E-state index contributed by atoms with van der Waals surface area (Å²) in [5.74, 6) is -0.613. The van der Waals surface area contributed by atoms with Gasteiger partial charge in [-0.1, -0.05) is 48.5 Å². The number of hydrogen-bond acceptors (Lipinski definition) is 6. The summed E-state index contributed by atoms with van der Waals surface area (Å²) in [6, 6.07) is 21.3. The van der Waals surface area contributed by atoms with E-state index in [1.165, 1.54) is 11.6 Å². The van der Waals surface area contributed by atoms with Gasteiger partial charge in [0.15, 0.2) is 5.78 Å². The highest BCUT2D eigenvalue weighted by Crippen LogP contribution is 2.29. The van der Waals surface area contributed by atoms with E-state index in [1.54, 1.807) is 60.3 Å². The maximum Gasteiger partial charge on any atom is 0.293 e. The lowest BCUT2D eigenvalue weighted by molar-refractivity contribution is -0.384. The highest BCUT2D eigenvalue weighted by molar-refractivity contribution is 6.15. The molecule has 0 radical (unpaired) electrons. The van der Waals surface area contributed by atoms with Crippen LogP contribution in [0.25, 0.3) is 0 Å².